The molecule has 49 heavy (non-hydrogen) atoms. The number of anilines is 3. The van der Waals surface area contributed by atoms with E-state index in [2.05, 4.69) is 42.3 Å². The van der Waals surface area contributed by atoms with Crippen molar-refractivity contribution in [2.75, 3.05) is 43.0 Å². The van der Waals surface area contributed by atoms with Crippen LogP contribution >= 0.6 is 0 Å². The highest BCUT2D eigenvalue weighted by atomic mass is 32.2. The predicted molar refractivity (Wildman–Crippen MR) is 179 cm³/mol. The van der Waals surface area contributed by atoms with Gasteiger partial charge >= 0.3 is 0 Å². The van der Waals surface area contributed by atoms with Gasteiger partial charge < -0.3 is 20.2 Å². The summed E-state index contributed by atoms with van der Waals surface area (Å²) in [5.41, 5.74) is 0.995. The molecule has 1 saturated carbocycles. The number of likely N-dealkylation sites (tertiary alicyclic amines) is 1. The van der Waals surface area contributed by atoms with Crippen molar-refractivity contribution >= 4 is 33.3 Å². The lowest BCUT2D eigenvalue weighted by molar-refractivity contribution is -0.130. The minimum Gasteiger partial charge on any atom is -0.393 e. The Bertz CT molecular complexity index is 2020. The van der Waals surface area contributed by atoms with Crippen molar-refractivity contribution < 1.29 is 22.7 Å². The summed E-state index contributed by atoms with van der Waals surface area (Å²) >= 11 is 0. The summed E-state index contributed by atoms with van der Waals surface area (Å²) in [6.07, 6.45) is 13.0. The number of halogens is 1. The number of aliphatic hydroxyl groups excluding tert-OH is 1. The van der Waals surface area contributed by atoms with Gasteiger partial charge in [-0.15, -0.1) is 0 Å². The quantitative estimate of drug-likeness (QED) is 0.262. The number of alkyl halides is 1. The molecule has 2 N–H and O–H groups in total. The second-order valence-corrected chi connectivity index (χ2v) is 14.9. The van der Waals surface area contributed by atoms with E-state index in [-0.39, 0.29) is 24.8 Å². The molecule has 4 aromatic heterocycles. The second kappa shape index (κ2) is 13.2. The number of carbonyl (C=O) groups is 1. The van der Waals surface area contributed by atoms with Crippen LogP contribution in [0.2, 0.25) is 0 Å². The number of aliphatic hydroxyl groups is 1. The second-order valence-electron chi connectivity index (χ2n) is 12.8. The largest absolute Gasteiger partial charge is 0.393 e. The summed E-state index contributed by atoms with van der Waals surface area (Å²) in [4.78, 5) is 29.0. The van der Waals surface area contributed by atoms with Crippen LogP contribution in [-0.2, 0) is 14.8 Å². The Labute approximate surface area is 283 Å². The summed E-state index contributed by atoms with van der Waals surface area (Å²) < 4.78 is 43.0. The van der Waals surface area contributed by atoms with E-state index < -0.39 is 27.5 Å². The number of nitrogens with zero attached hydrogens (tertiary/aromatic N) is 9. The van der Waals surface area contributed by atoms with Crippen molar-refractivity contribution in [3.05, 3.63) is 60.4 Å². The van der Waals surface area contributed by atoms with E-state index in [1.54, 1.807) is 31.6 Å². The van der Waals surface area contributed by atoms with Crippen molar-refractivity contribution in [1.29, 1.82) is 0 Å². The zero-order chi connectivity index (χ0) is 34.2. The Morgan fingerprint density at radius 3 is 2.51 bits per heavy atom. The molecule has 0 radical (unpaired) electrons. The third-order valence-electron chi connectivity index (χ3n) is 9.33. The molecule has 2 saturated heterocycles. The molecule has 0 aromatic carbocycles. The number of hydrogen-bond acceptors (Lipinski definition) is 11. The van der Waals surface area contributed by atoms with Crippen molar-refractivity contribution in [3.63, 3.8) is 0 Å². The van der Waals surface area contributed by atoms with Gasteiger partial charge in [0.05, 0.1) is 58.9 Å². The van der Waals surface area contributed by atoms with Gasteiger partial charge in [-0.2, -0.15) is 14.3 Å². The first-order chi connectivity index (χ1) is 23.6. The molecule has 4 aromatic rings. The number of rotatable bonds is 8. The molecule has 1 aliphatic carbocycles. The average molecular weight is 689 g/mol. The summed E-state index contributed by atoms with van der Waals surface area (Å²) in [5.74, 6) is 7.73. The highest BCUT2D eigenvalue weighted by Crippen LogP contribution is 2.33. The monoisotopic (exact) mass is 688 g/mol. The summed E-state index contributed by atoms with van der Waals surface area (Å²) in [6, 6.07) is 3.71. The standard InChI is InChI=1S/C33H37FN10O4S/c1-23(46)41-12-7-27(8-13-41)43-20-24(17-37-43)2-3-25-18-36-31(16-29(25)42-14-9-33(34,22-45)10-15-42)39-30-6-11-35-32(40-30)26-19-38-44(21-26)49(47,48)28-4-5-28/h6,11,16-21,27-28,45H,4-5,7-10,12-15,22H2,1H3,(H,35,36,39,40). The molecule has 14 nitrogen and oxygen atoms in total. The molecule has 0 atom stereocenters. The lowest BCUT2D eigenvalue weighted by atomic mass is 9.93. The van der Waals surface area contributed by atoms with Crippen LogP contribution in [0.15, 0.2) is 49.3 Å². The Hall–Kier alpha value is -4.88. The molecule has 7 rings (SSSR count). The van der Waals surface area contributed by atoms with Crippen LogP contribution in [0.25, 0.3) is 11.4 Å². The van der Waals surface area contributed by atoms with Crippen LogP contribution in [0.5, 0.6) is 0 Å². The first-order valence-corrected chi connectivity index (χ1v) is 17.9. The van der Waals surface area contributed by atoms with E-state index in [1.807, 2.05) is 26.7 Å². The smallest absolute Gasteiger partial charge is 0.256 e. The summed E-state index contributed by atoms with van der Waals surface area (Å²) in [7, 11) is -3.52. The van der Waals surface area contributed by atoms with E-state index in [4.69, 9.17) is 0 Å². The maximum atomic E-state index is 14.9. The van der Waals surface area contributed by atoms with E-state index in [1.165, 1.54) is 12.4 Å². The number of piperidine rings is 2. The zero-order valence-corrected chi connectivity index (χ0v) is 27.9. The summed E-state index contributed by atoms with van der Waals surface area (Å²) in [6.45, 7) is 3.25. The molecule has 0 spiro atoms. The lowest BCUT2D eigenvalue weighted by Crippen LogP contribution is -2.44. The Morgan fingerprint density at radius 1 is 1.02 bits per heavy atom. The fraction of sp³-hybridized carbons (Fsp3) is 0.455. The number of hydrogen-bond donors (Lipinski definition) is 2. The van der Waals surface area contributed by atoms with Gasteiger partial charge in [-0.1, -0.05) is 11.8 Å². The van der Waals surface area contributed by atoms with Crippen molar-refractivity contribution in [2.24, 2.45) is 0 Å². The van der Waals surface area contributed by atoms with Crippen LogP contribution in [0.1, 0.15) is 62.6 Å². The van der Waals surface area contributed by atoms with Crippen molar-refractivity contribution in [3.8, 4) is 23.2 Å². The molecule has 2 aliphatic heterocycles. The first kappa shape index (κ1) is 32.7. The number of carbonyl (C=O) groups excluding carboxylic acids is 1. The molecule has 256 valence electrons. The Morgan fingerprint density at radius 2 is 1.80 bits per heavy atom. The topological polar surface area (TPSA) is 164 Å². The average Bonchev–Trinajstić information content (AvgIpc) is 3.67. The van der Waals surface area contributed by atoms with Crippen LogP contribution in [0.3, 0.4) is 0 Å². The predicted octanol–water partition coefficient (Wildman–Crippen LogP) is 2.90. The van der Waals surface area contributed by atoms with E-state index in [0.717, 1.165) is 28.2 Å². The van der Waals surface area contributed by atoms with Gasteiger partial charge in [-0.05, 0) is 31.7 Å². The third kappa shape index (κ3) is 7.13. The van der Waals surface area contributed by atoms with E-state index in [0.29, 0.717) is 67.6 Å². The minimum absolute atomic E-state index is 0.0897. The molecule has 6 heterocycles. The maximum Gasteiger partial charge on any atom is 0.256 e. The fourth-order valence-corrected chi connectivity index (χ4v) is 7.62. The normalized spacial score (nSPS) is 18.2. The SMILES string of the molecule is CC(=O)N1CCC(n2cc(C#Cc3cnc(Nc4ccnc(-c5cnn(S(=O)(=O)C6CC6)c5)n4)cc3N3CCC(F)(CO)CC3)cn2)CC1. The molecule has 0 unspecified atom stereocenters. The lowest BCUT2D eigenvalue weighted by Gasteiger charge is -2.37. The van der Waals surface area contributed by atoms with Gasteiger partial charge in [-0.3, -0.25) is 9.48 Å². The van der Waals surface area contributed by atoms with E-state index in [9.17, 15) is 22.7 Å². The minimum atomic E-state index is -3.52. The van der Waals surface area contributed by atoms with Gasteiger partial charge in [-0.25, -0.2) is 27.8 Å². The third-order valence-corrected chi connectivity index (χ3v) is 11.4. The molecule has 0 bridgehead atoms. The van der Waals surface area contributed by atoms with Crippen molar-refractivity contribution in [2.45, 2.75) is 62.4 Å². The van der Waals surface area contributed by atoms with E-state index >= 15 is 0 Å². The van der Waals surface area contributed by atoms with Crippen LogP contribution < -0.4 is 10.2 Å². The zero-order valence-electron chi connectivity index (χ0n) is 27.0. The molecule has 3 aliphatic rings. The number of nitrogens with one attached hydrogen (secondary N) is 1. The molecule has 16 heteroatoms. The highest BCUT2D eigenvalue weighted by Gasteiger charge is 2.38. The van der Waals surface area contributed by atoms with Crippen LogP contribution in [0.4, 0.5) is 21.7 Å². The van der Waals surface area contributed by atoms with Gasteiger partial charge in [0.15, 0.2) is 5.82 Å². The highest BCUT2D eigenvalue weighted by molar-refractivity contribution is 7.90. The Kier molecular flexibility index (Phi) is 8.80. The molecular formula is C33H37FN10O4S. The molecule has 3 fully saturated rings. The van der Waals surface area contributed by atoms with Gasteiger partial charge in [0.25, 0.3) is 10.0 Å². The first-order valence-electron chi connectivity index (χ1n) is 16.4. The van der Waals surface area contributed by atoms with Crippen molar-refractivity contribution in [1.82, 2.24) is 38.8 Å². The maximum absolute atomic E-state index is 14.9. The molecule has 1 amide bonds. The van der Waals surface area contributed by atoms with Crippen LogP contribution in [-0.4, -0.2) is 102 Å². The fourth-order valence-electron chi connectivity index (χ4n) is 6.14. The van der Waals surface area contributed by atoms with Gasteiger partial charge in [0, 0.05) is 70.6 Å². The van der Waals surface area contributed by atoms with Crippen LogP contribution in [0, 0.1) is 11.8 Å². The molecular weight excluding hydrogens is 651 g/mol. The van der Waals surface area contributed by atoms with Gasteiger partial charge in [0.2, 0.25) is 5.91 Å². The Balaban J connectivity index is 1.11. The van der Waals surface area contributed by atoms with Gasteiger partial charge in [0.1, 0.15) is 17.3 Å². The number of amides is 1. The number of pyridine rings is 1. The summed E-state index contributed by atoms with van der Waals surface area (Å²) in [5, 5.41) is 21.0. The number of aromatic nitrogens is 7.